The molecule has 0 aliphatic carbocycles. The summed E-state index contributed by atoms with van der Waals surface area (Å²) in [6.07, 6.45) is 0.822. The van der Waals surface area contributed by atoms with Crippen LogP contribution in [0, 0.1) is 5.92 Å². The fourth-order valence-corrected chi connectivity index (χ4v) is 2.14. The molecule has 1 fully saturated rings. The van der Waals surface area contributed by atoms with Crippen LogP contribution >= 0.6 is 0 Å². The van der Waals surface area contributed by atoms with Crippen molar-refractivity contribution in [3.05, 3.63) is 29.8 Å². The van der Waals surface area contributed by atoms with Crippen molar-refractivity contribution in [2.24, 2.45) is 5.92 Å². The van der Waals surface area contributed by atoms with Gasteiger partial charge in [0, 0.05) is 0 Å². The molecule has 1 aliphatic heterocycles. The molecule has 5 heteroatoms. The second-order valence-electron chi connectivity index (χ2n) is 4.90. The van der Waals surface area contributed by atoms with Crippen LogP contribution in [0.2, 0.25) is 0 Å². The first kappa shape index (κ1) is 13.4. The molecule has 1 aromatic carbocycles. The van der Waals surface area contributed by atoms with E-state index in [2.05, 4.69) is 10.6 Å². The Labute approximate surface area is 112 Å². The van der Waals surface area contributed by atoms with E-state index in [-0.39, 0.29) is 23.5 Å². The smallest absolute Gasteiger partial charge is 0.247 e. The van der Waals surface area contributed by atoms with Crippen molar-refractivity contribution in [2.45, 2.75) is 32.4 Å². The number of phenols is 1. The average Bonchev–Trinajstić information content (AvgIpc) is 2.41. The minimum Gasteiger partial charge on any atom is -0.508 e. The van der Waals surface area contributed by atoms with Gasteiger partial charge in [0.1, 0.15) is 17.8 Å². The number of nitrogens with one attached hydrogen (secondary N) is 2. The van der Waals surface area contributed by atoms with Crippen molar-refractivity contribution in [1.29, 1.82) is 0 Å². The van der Waals surface area contributed by atoms with Crippen molar-refractivity contribution < 1.29 is 14.7 Å². The Hall–Kier alpha value is -2.04. The number of carbonyl (C=O) groups is 2. The highest BCUT2D eigenvalue weighted by atomic mass is 16.3. The number of carbonyl (C=O) groups excluding carboxylic acids is 2. The fourth-order valence-electron chi connectivity index (χ4n) is 2.14. The predicted octanol–water partition coefficient (Wildman–Crippen LogP) is 1.09. The molecular formula is C14H18N2O3. The minimum absolute atomic E-state index is 0.102. The average molecular weight is 262 g/mol. The molecule has 2 rings (SSSR count). The number of aromatic hydroxyl groups is 1. The molecule has 0 unspecified atom stereocenters. The number of hydrogen-bond acceptors (Lipinski definition) is 3. The molecule has 102 valence electrons. The molecule has 5 nitrogen and oxygen atoms in total. The zero-order valence-corrected chi connectivity index (χ0v) is 11.0. The molecule has 0 bridgehead atoms. The quantitative estimate of drug-likeness (QED) is 0.763. The van der Waals surface area contributed by atoms with E-state index < -0.39 is 12.1 Å². The topological polar surface area (TPSA) is 78.4 Å². The highest BCUT2D eigenvalue weighted by Crippen LogP contribution is 2.21. The van der Waals surface area contributed by atoms with Crippen LogP contribution in [0.4, 0.5) is 0 Å². The van der Waals surface area contributed by atoms with E-state index >= 15 is 0 Å². The molecule has 1 saturated heterocycles. The van der Waals surface area contributed by atoms with Gasteiger partial charge < -0.3 is 15.7 Å². The second-order valence-corrected chi connectivity index (χ2v) is 4.90. The van der Waals surface area contributed by atoms with Crippen molar-refractivity contribution in [3.63, 3.8) is 0 Å². The maximum absolute atomic E-state index is 12.1. The molecule has 19 heavy (non-hydrogen) atoms. The van der Waals surface area contributed by atoms with Gasteiger partial charge in [-0.05, 0) is 23.6 Å². The number of benzene rings is 1. The first-order valence-corrected chi connectivity index (χ1v) is 6.42. The van der Waals surface area contributed by atoms with Gasteiger partial charge in [-0.1, -0.05) is 32.4 Å². The van der Waals surface area contributed by atoms with E-state index in [1.54, 1.807) is 12.1 Å². The third-order valence-corrected chi connectivity index (χ3v) is 3.57. The van der Waals surface area contributed by atoms with Crippen LogP contribution < -0.4 is 10.6 Å². The maximum atomic E-state index is 12.1. The Morgan fingerprint density at radius 2 is 1.79 bits per heavy atom. The number of piperazine rings is 1. The SMILES string of the molecule is CC[C@H](C)[C@@H]1NC(=O)[C@@H](c2ccc(O)cc2)NC1=O. The zero-order valence-electron chi connectivity index (χ0n) is 11.0. The second kappa shape index (κ2) is 5.30. The molecule has 0 aromatic heterocycles. The van der Waals surface area contributed by atoms with Crippen LogP contribution in [-0.4, -0.2) is 23.0 Å². The first-order valence-electron chi connectivity index (χ1n) is 6.42. The zero-order chi connectivity index (χ0) is 14.0. The van der Waals surface area contributed by atoms with Crippen molar-refractivity contribution in [1.82, 2.24) is 10.6 Å². The van der Waals surface area contributed by atoms with Gasteiger partial charge in [0.25, 0.3) is 0 Å². The summed E-state index contributed by atoms with van der Waals surface area (Å²) in [5, 5.41) is 14.7. The lowest BCUT2D eigenvalue weighted by Crippen LogP contribution is -2.59. The monoisotopic (exact) mass is 262 g/mol. The van der Waals surface area contributed by atoms with Crippen LogP contribution in [-0.2, 0) is 9.59 Å². The lowest BCUT2D eigenvalue weighted by Gasteiger charge is -2.32. The summed E-state index contributed by atoms with van der Waals surface area (Å²) in [7, 11) is 0. The predicted molar refractivity (Wildman–Crippen MR) is 70.4 cm³/mol. The summed E-state index contributed by atoms with van der Waals surface area (Å²) in [5.41, 5.74) is 0.659. The van der Waals surface area contributed by atoms with Crippen LogP contribution in [0.1, 0.15) is 31.9 Å². The van der Waals surface area contributed by atoms with Crippen LogP contribution in [0.25, 0.3) is 0 Å². The summed E-state index contributed by atoms with van der Waals surface area (Å²) in [6.45, 7) is 3.92. The van der Waals surface area contributed by atoms with Crippen molar-refractivity contribution in [2.75, 3.05) is 0 Å². The van der Waals surface area contributed by atoms with E-state index in [1.165, 1.54) is 12.1 Å². The van der Waals surface area contributed by atoms with Crippen molar-refractivity contribution >= 4 is 11.8 Å². The Bertz CT molecular complexity index is 484. The molecule has 0 saturated carbocycles. The Balaban J connectivity index is 2.16. The Kier molecular flexibility index (Phi) is 3.74. The van der Waals surface area contributed by atoms with Gasteiger partial charge in [-0.3, -0.25) is 9.59 Å². The third kappa shape index (κ3) is 2.70. The third-order valence-electron chi connectivity index (χ3n) is 3.57. The first-order chi connectivity index (χ1) is 9.02. The summed E-state index contributed by atoms with van der Waals surface area (Å²) in [6, 6.07) is 5.09. The van der Waals surface area contributed by atoms with Gasteiger partial charge in [-0.2, -0.15) is 0 Å². The lowest BCUT2D eigenvalue weighted by atomic mass is 9.94. The molecule has 1 heterocycles. The minimum atomic E-state index is -0.687. The van der Waals surface area contributed by atoms with Gasteiger partial charge in [-0.15, -0.1) is 0 Å². The van der Waals surface area contributed by atoms with Crippen LogP contribution in [0.3, 0.4) is 0 Å². The summed E-state index contributed by atoms with van der Waals surface area (Å²) in [4.78, 5) is 24.1. The molecule has 1 aromatic rings. The van der Waals surface area contributed by atoms with Gasteiger partial charge in [0.2, 0.25) is 11.8 Å². The molecule has 3 atom stereocenters. The molecule has 2 amide bonds. The fraction of sp³-hybridized carbons (Fsp3) is 0.429. The van der Waals surface area contributed by atoms with Crippen molar-refractivity contribution in [3.8, 4) is 5.75 Å². The van der Waals surface area contributed by atoms with E-state index in [4.69, 9.17) is 0 Å². The molecule has 0 radical (unpaired) electrons. The number of rotatable bonds is 3. The largest absolute Gasteiger partial charge is 0.508 e. The number of hydrogen-bond donors (Lipinski definition) is 3. The molecular weight excluding hydrogens is 244 g/mol. The van der Waals surface area contributed by atoms with Gasteiger partial charge >= 0.3 is 0 Å². The molecule has 1 aliphatic rings. The van der Waals surface area contributed by atoms with E-state index in [9.17, 15) is 14.7 Å². The van der Waals surface area contributed by atoms with Gasteiger partial charge in [0.15, 0.2) is 0 Å². The summed E-state index contributed by atoms with van der Waals surface area (Å²) >= 11 is 0. The van der Waals surface area contributed by atoms with E-state index in [0.717, 1.165) is 6.42 Å². The summed E-state index contributed by atoms with van der Waals surface area (Å²) < 4.78 is 0. The maximum Gasteiger partial charge on any atom is 0.247 e. The number of phenolic OH excluding ortho intramolecular Hbond substituents is 1. The standard InChI is InChI=1S/C14H18N2O3/c1-3-8(2)11-13(18)16-12(14(19)15-11)9-4-6-10(17)7-5-9/h4-8,11-12,17H,3H2,1-2H3,(H,15,19)(H,16,18)/t8-,11-,12+/m0/s1. The van der Waals surface area contributed by atoms with Gasteiger partial charge in [0.05, 0.1) is 0 Å². The Morgan fingerprint density at radius 3 is 2.37 bits per heavy atom. The highest BCUT2D eigenvalue weighted by Gasteiger charge is 2.36. The molecule has 0 spiro atoms. The van der Waals surface area contributed by atoms with Crippen LogP contribution in [0.15, 0.2) is 24.3 Å². The summed E-state index contributed by atoms with van der Waals surface area (Å²) in [5.74, 6) is -0.142. The normalized spacial score (nSPS) is 24.5. The van der Waals surface area contributed by atoms with Gasteiger partial charge in [-0.25, -0.2) is 0 Å². The highest BCUT2D eigenvalue weighted by molar-refractivity contribution is 5.97. The lowest BCUT2D eigenvalue weighted by molar-refractivity contribution is -0.138. The van der Waals surface area contributed by atoms with E-state index in [1.807, 2.05) is 13.8 Å². The number of amides is 2. The van der Waals surface area contributed by atoms with Crippen LogP contribution in [0.5, 0.6) is 5.75 Å². The molecule has 3 N–H and O–H groups in total. The Morgan fingerprint density at radius 1 is 1.16 bits per heavy atom. The van der Waals surface area contributed by atoms with E-state index in [0.29, 0.717) is 5.56 Å².